The zero-order valence-corrected chi connectivity index (χ0v) is 13.3. The number of carbonyl (C=O) groups excluding carboxylic acids is 1. The zero-order valence-electron chi connectivity index (χ0n) is 12.5. The lowest BCUT2D eigenvalue weighted by atomic mass is 10.2. The van der Waals surface area contributed by atoms with Crippen molar-refractivity contribution in [1.29, 1.82) is 0 Å². The van der Waals surface area contributed by atoms with Gasteiger partial charge < -0.3 is 9.64 Å². The van der Waals surface area contributed by atoms with Gasteiger partial charge in [0, 0.05) is 29.7 Å². The van der Waals surface area contributed by atoms with Crippen LogP contribution in [0.1, 0.15) is 11.1 Å². The second kappa shape index (κ2) is 6.10. The van der Waals surface area contributed by atoms with Gasteiger partial charge in [-0.1, -0.05) is 18.2 Å². The summed E-state index contributed by atoms with van der Waals surface area (Å²) in [4.78, 5) is 18.7. The second-order valence-electron chi connectivity index (χ2n) is 5.46. The minimum Gasteiger partial charge on any atom is -0.367 e. The quantitative estimate of drug-likeness (QED) is 0.739. The molecule has 1 aliphatic heterocycles. The molecule has 3 aromatic rings. The van der Waals surface area contributed by atoms with Gasteiger partial charge in [0.2, 0.25) is 5.91 Å². The summed E-state index contributed by atoms with van der Waals surface area (Å²) < 4.78 is 7.44. The summed E-state index contributed by atoms with van der Waals surface area (Å²) in [5, 5.41) is 8.34. The molecule has 1 fully saturated rings. The number of amides is 1. The van der Waals surface area contributed by atoms with Crippen LogP contribution in [0.2, 0.25) is 0 Å². The van der Waals surface area contributed by atoms with E-state index in [1.165, 1.54) is 0 Å². The number of thiazole rings is 1. The van der Waals surface area contributed by atoms with Crippen LogP contribution in [0.3, 0.4) is 0 Å². The topological polar surface area (TPSA) is 60.2 Å². The van der Waals surface area contributed by atoms with Crippen LogP contribution in [0.5, 0.6) is 0 Å². The van der Waals surface area contributed by atoms with E-state index >= 15 is 0 Å². The van der Waals surface area contributed by atoms with Crippen LogP contribution in [0.4, 0.5) is 0 Å². The number of aromatic nitrogens is 3. The van der Waals surface area contributed by atoms with Crippen LogP contribution in [0.15, 0.2) is 42.0 Å². The molecule has 0 bridgehead atoms. The van der Waals surface area contributed by atoms with E-state index in [9.17, 15) is 4.79 Å². The predicted molar refractivity (Wildman–Crippen MR) is 87.1 cm³/mol. The van der Waals surface area contributed by atoms with Crippen LogP contribution in [-0.2, 0) is 16.1 Å². The fourth-order valence-corrected chi connectivity index (χ4v) is 3.43. The van der Waals surface area contributed by atoms with E-state index in [0.717, 1.165) is 15.9 Å². The van der Waals surface area contributed by atoms with Gasteiger partial charge in [0.25, 0.3) is 0 Å². The van der Waals surface area contributed by atoms with Gasteiger partial charge in [0.05, 0.1) is 18.7 Å². The summed E-state index contributed by atoms with van der Waals surface area (Å²) in [5.74, 6) is 0.0580. The highest BCUT2D eigenvalue weighted by atomic mass is 32.1. The van der Waals surface area contributed by atoms with Crippen molar-refractivity contribution < 1.29 is 9.53 Å². The van der Waals surface area contributed by atoms with E-state index in [2.05, 4.69) is 10.1 Å². The van der Waals surface area contributed by atoms with Crippen molar-refractivity contribution >= 4 is 28.1 Å². The third-order valence-electron chi connectivity index (χ3n) is 3.90. The number of rotatable bonds is 3. The van der Waals surface area contributed by atoms with Gasteiger partial charge in [-0.2, -0.15) is 5.10 Å². The molecule has 1 saturated heterocycles. The average molecular weight is 328 g/mol. The maximum atomic E-state index is 12.6. The summed E-state index contributed by atoms with van der Waals surface area (Å²) in [6.07, 6.45) is 3.55. The lowest BCUT2D eigenvalue weighted by Crippen LogP contribution is -2.43. The van der Waals surface area contributed by atoms with E-state index in [4.69, 9.17) is 4.74 Å². The summed E-state index contributed by atoms with van der Waals surface area (Å²) >= 11 is 1.56. The standard InChI is InChI=1S/C16H16N4O2S/c21-15(11-20-9-12-3-1-2-4-13(12)18-20)19-6-7-22-14(10-19)16-17-5-8-23-16/h1-5,8-9,14H,6-7,10-11H2. The van der Waals surface area contributed by atoms with E-state index < -0.39 is 0 Å². The van der Waals surface area contributed by atoms with E-state index in [1.807, 2.05) is 40.7 Å². The Kier molecular flexibility index (Phi) is 3.80. The smallest absolute Gasteiger partial charge is 0.244 e. The molecule has 7 heteroatoms. The fourth-order valence-electron chi connectivity index (χ4n) is 2.75. The summed E-state index contributed by atoms with van der Waals surface area (Å²) in [5.41, 5.74) is 0.905. The first kappa shape index (κ1) is 14.3. The lowest BCUT2D eigenvalue weighted by Gasteiger charge is -2.32. The fraction of sp³-hybridized carbons (Fsp3) is 0.312. The van der Waals surface area contributed by atoms with Crippen LogP contribution < -0.4 is 0 Å². The van der Waals surface area contributed by atoms with Crippen LogP contribution >= 0.6 is 11.3 Å². The Morgan fingerprint density at radius 1 is 1.39 bits per heavy atom. The largest absolute Gasteiger partial charge is 0.367 e. The Hall–Kier alpha value is -2.25. The normalized spacial score (nSPS) is 18.4. The number of ether oxygens (including phenoxy) is 1. The van der Waals surface area contributed by atoms with Gasteiger partial charge in [-0.15, -0.1) is 11.3 Å². The number of hydrogen-bond donors (Lipinski definition) is 0. The monoisotopic (exact) mass is 328 g/mol. The molecular formula is C16H16N4O2S. The minimum atomic E-state index is -0.121. The van der Waals surface area contributed by atoms with Crippen LogP contribution in [0.25, 0.3) is 10.9 Å². The summed E-state index contributed by atoms with van der Waals surface area (Å²) in [6, 6.07) is 7.86. The van der Waals surface area contributed by atoms with Gasteiger partial charge in [-0.25, -0.2) is 4.98 Å². The molecule has 0 radical (unpaired) electrons. The predicted octanol–water partition coefficient (Wildman–Crippen LogP) is 2.09. The van der Waals surface area contributed by atoms with Crippen LogP contribution in [-0.4, -0.2) is 45.3 Å². The Bertz CT molecular complexity index is 781. The Morgan fingerprint density at radius 2 is 2.30 bits per heavy atom. The SMILES string of the molecule is O=C(Cn1cc2ccccc2n1)N1CCOC(c2nccs2)C1. The number of benzene rings is 1. The van der Waals surface area contributed by atoms with E-state index in [1.54, 1.807) is 22.2 Å². The molecule has 118 valence electrons. The lowest BCUT2D eigenvalue weighted by molar-refractivity contribution is -0.139. The molecule has 1 atom stereocenters. The first-order valence-corrected chi connectivity index (χ1v) is 8.38. The highest BCUT2D eigenvalue weighted by molar-refractivity contribution is 7.09. The van der Waals surface area contributed by atoms with Gasteiger partial charge in [-0.3, -0.25) is 9.48 Å². The molecule has 6 nitrogen and oxygen atoms in total. The molecule has 23 heavy (non-hydrogen) atoms. The second-order valence-corrected chi connectivity index (χ2v) is 6.38. The minimum absolute atomic E-state index is 0.0580. The molecular weight excluding hydrogens is 312 g/mol. The third-order valence-corrected chi connectivity index (χ3v) is 4.77. The van der Waals surface area contributed by atoms with Crippen molar-refractivity contribution in [1.82, 2.24) is 19.7 Å². The molecule has 1 aliphatic rings. The number of fused-ring (bicyclic) bond motifs is 1. The molecule has 0 aliphatic carbocycles. The molecule has 3 heterocycles. The molecule has 1 aromatic carbocycles. The molecule has 1 unspecified atom stereocenters. The number of carbonyl (C=O) groups is 1. The maximum absolute atomic E-state index is 12.6. The van der Waals surface area contributed by atoms with Gasteiger partial charge in [-0.05, 0) is 6.07 Å². The van der Waals surface area contributed by atoms with Crippen LogP contribution in [0, 0.1) is 0 Å². The molecule has 0 N–H and O–H groups in total. The van der Waals surface area contributed by atoms with Crippen molar-refractivity contribution in [2.75, 3.05) is 19.7 Å². The van der Waals surface area contributed by atoms with E-state index in [0.29, 0.717) is 19.7 Å². The zero-order chi connectivity index (χ0) is 15.6. The first-order chi connectivity index (χ1) is 11.3. The molecule has 0 spiro atoms. The highest BCUT2D eigenvalue weighted by Gasteiger charge is 2.27. The Morgan fingerprint density at radius 3 is 3.13 bits per heavy atom. The molecule has 2 aromatic heterocycles. The number of morpholine rings is 1. The summed E-state index contributed by atoms with van der Waals surface area (Å²) in [7, 11) is 0. The van der Waals surface area contributed by atoms with Crippen molar-refractivity contribution in [2.24, 2.45) is 0 Å². The maximum Gasteiger partial charge on any atom is 0.244 e. The molecule has 4 rings (SSSR count). The van der Waals surface area contributed by atoms with Gasteiger partial charge >= 0.3 is 0 Å². The van der Waals surface area contributed by atoms with Crippen molar-refractivity contribution in [3.05, 3.63) is 47.0 Å². The van der Waals surface area contributed by atoms with E-state index in [-0.39, 0.29) is 18.6 Å². The highest BCUT2D eigenvalue weighted by Crippen LogP contribution is 2.24. The molecule has 1 amide bonds. The van der Waals surface area contributed by atoms with Crippen molar-refractivity contribution in [3.8, 4) is 0 Å². The average Bonchev–Trinajstić information content (AvgIpc) is 3.24. The number of nitrogens with zero attached hydrogens (tertiary/aromatic N) is 4. The van der Waals surface area contributed by atoms with Crippen molar-refractivity contribution in [2.45, 2.75) is 12.6 Å². The summed E-state index contributed by atoms with van der Waals surface area (Å²) in [6.45, 7) is 1.95. The number of hydrogen-bond acceptors (Lipinski definition) is 5. The van der Waals surface area contributed by atoms with Gasteiger partial charge in [0.1, 0.15) is 17.7 Å². The Balaban J connectivity index is 1.45. The van der Waals surface area contributed by atoms with Gasteiger partial charge in [0.15, 0.2) is 0 Å². The molecule has 0 saturated carbocycles. The first-order valence-electron chi connectivity index (χ1n) is 7.50. The third kappa shape index (κ3) is 2.97. The van der Waals surface area contributed by atoms with Crippen molar-refractivity contribution in [3.63, 3.8) is 0 Å². The Labute approximate surface area is 137 Å².